The molecule has 0 saturated carbocycles. The van der Waals surface area contributed by atoms with Crippen molar-refractivity contribution in [1.29, 1.82) is 0 Å². The maximum absolute atomic E-state index is 12.5. The van der Waals surface area contributed by atoms with Crippen LogP contribution in [0.2, 0.25) is 0 Å². The van der Waals surface area contributed by atoms with Gasteiger partial charge in [-0.1, -0.05) is 11.3 Å². The van der Waals surface area contributed by atoms with Crippen molar-refractivity contribution in [2.24, 2.45) is 0 Å². The first-order valence-electron chi connectivity index (χ1n) is 8.92. The number of hydrogen-bond acceptors (Lipinski definition) is 7. The number of hydrogen-bond donors (Lipinski definition) is 2. The summed E-state index contributed by atoms with van der Waals surface area (Å²) in [5, 5.41) is 6.27. The Morgan fingerprint density at radius 2 is 1.59 bits per heavy atom. The smallest absolute Gasteiger partial charge is 0.265 e. The maximum Gasteiger partial charge on any atom is 0.265 e. The molecule has 2 aromatic heterocycles. The first-order chi connectivity index (χ1) is 13.7. The highest BCUT2D eigenvalue weighted by Gasteiger charge is 2.18. The van der Waals surface area contributed by atoms with Gasteiger partial charge < -0.3 is 10.2 Å². The van der Waals surface area contributed by atoms with Crippen LogP contribution in [0.3, 0.4) is 0 Å². The van der Waals surface area contributed by atoms with Crippen LogP contribution in [0.1, 0.15) is 37.1 Å². The lowest BCUT2D eigenvalue weighted by atomic mass is 10.2. The van der Waals surface area contributed by atoms with Gasteiger partial charge in [-0.25, -0.2) is 15.0 Å². The number of thiazole rings is 1. The first kappa shape index (κ1) is 20.4. The van der Waals surface area contributed by atoms with E-state index in [1.54, 1.807) is 45.3 Å². The standard InChI is InChI=1S/C20H22N6O2S/c1-11-10-12(2)22-19(21-11)24-15-8-6-14(7-9-15)17(27)25-20-23-13(3)16(29-20)18(28)26(4)5/h6-10H,1-5H3,(H,21,22,24)(H,23,25,27). The predicted molar refractivity (Wildman–Crippen MR) is 114 cm³/mol. The summed E-state index contributed by atoms with van der Waals surface area (Å²) in [6, 6.07) is 8.86. The second-order valence-electron chi connectivity index (χ2n) is 6.76. The number of rotatable bonds is 5. The molecule has 2 heterocycles. The quantitative estimate of drug-likeness (QED) is 0.667. The number of carbonyl (C=O) groups excluding carboxylic acids is 2. The van der Waals surface area contributed by atoms with Gasteiger partial charge in [0.25, 0.3) is 11.8 Å². The molecule has 0 saturated heterocycles. The topological polar surface area (TPSA) is 100 Å². The molecule has 0 aliphatic heterocycles. The number of carbonyl (C=O) groups is 2. The number of aryl methyl sites for hydroxylation is 3. The summed E-state index contributed by atoms with van der Waals surface area (Å²) in [6.07, 6.45) is 0. The Hall–Kier alpha value is -3.33. The summed E-state index contributed by atoms with van der Waals surface area (Å²) in [5.41, 5.74) is 3.60. The fraction of sp³-hybridized carbons (Fsp3) is 0.250. The van der Waals surface area contributed by atoms with E-state index in [4.69, 9.17) is 0 Å². The van der Waals surface area contributed by atoms with Crippen molar-refractivity contribution in [1.82, 2.24) is 19.9 Å². The molecule has 0 unspecified atom stereocenters. The second kappa shape index (κ2) is 8.36. The fourth-order valence-electron chi connectivity index (χ4n) is 2.64. The number of benzene rings is 1. The number of nitrogens with one attached hydrogen (secondary N) is 2. The highest BCUT2D eigenvalue weighted by molar-refractivity contribution is 7.17. The molecule has 0 bridgehead atoms. The van der Waals surface area contributed by atoms with Crippen LogP contribution >= 0.6 is 11.3 Å². The average Bonchev–Trinajstić information content (AvgIpc) is 3.00. The third kappa shape index (κ3) is 4.94. The van der Waals surface area contributed by atoms with Crippen LogP contribution in [-0.2, 0) is 0 Å². The van der Waals surface area contributed by atoms with Crippen molar-refractivity contribution < 1.29 is 9.59 Å². The monoisotopic (exact) mass is 410 g/mol. The minimum Gasteiger partial charge on any atom is -0.344 e. The first-order valence-corrected chi connectivity index (χ1v) is 9.74. The minimum atomic E-state index is -0.295. The Morgan fingerprint density at radius 3 is 2.17 bits per heavy atom. The normalized spacial score (nSPS) is 10.5. The highest BCUT2D eigenvalue weighted by atomic mass is 32.1. The molecule has 0 aliphatic carbocycles. The van der Waals surface area contributed by atoms with Crippen LogP contribution in [0.25, 0.3) is 0 Å². The van der Waals surface area contributed by atoms with Crippen molar-refractivity contribution in [3.05, 3.63) is 57.9 Å². The molecular formula is C20H22N6O2S. The zero-order chi connectivity index (χ0) is 21.1. The van der Waals surface area contributed by atoms with Gasteiger partial charge in [-0.15, -0.1) is 0 Å². The van der Waals surface area contributed by atoms with Crippen molar-refractivity contribution in [3.63, 3.8) is 0 Å². The van der Waals surface area contributed by atoms with Crippen molar-refractivity contribution in [2.45, 2.75) is 20.8 Å². The largest absolute Gasteiger partial charge is 0.344 e. The molecule has 1 aromatic carbocycles. The van der Waals surface area contributed by atoms with Gasteiger partial charge >= 0.3 is 0 Å². The summed E-state index contributed by atoms with van der Waals surface area (Å²) in [6.45, 7) is 5.56. The van der Waals surface area contributed by atoms with Crippen LogP contribution in [0.5, 0.6) is 0 Å². The lowest BCUT2D eigenvalue weighted by Crippen LogP contribution is -2.21. The summed E-state index contributed by atoms with van der Waals surface area (Å²) < 4.78 is 0. The zero-order valence-electron chi connectivity index (χ0n) is 16.9. The summed E-state index contributed by atoms with van der Waals surface area (Å²) in [5.74, 6) is 0.0809. The molecule has 2 N–H and O–H groups in total. The Labute approximate surface area is 173 Å². The van der Waals surface area contributed by atoms with E-state index >= 15 is 0 Å². The van der Waals surface area contributed by atoms with Crippen LogP contribution < -0.4 is 10.6 Å². The molecule has 3 aromatic rings. The van der Waals surface area contributed by atoms with E-state index in [1.807, 2.05) is 19.9 Å². The predicted octanol–water partition coefficient (Wildman–Crippen LogP) is 3.56. The molecule has 150 valence electrons. The van der Waals surface area contributed by atoms with Crippen LogP contribution in [0.4, 0.5) is 16.8 Å². The van der Waals surface area contributed by atoms with E-state index in [9.17, 15) is 9.59 Å². The molecular weight excluding hydrogens is 388 g/mol. The van der Waals surface area contributed by atoms with Gasteiger partial charge in [0.05, 0.1) is 5.69 Å². The third-order valence-corrected chi connectivity index (χ3v) is 5.06. The molecule has 2 amide bonds. The number of aromatic nitrogens is 3. The molecule has 0 atom stereocenters. The van der Waals surface area contributed by atoms with Crippen molar-refractivity contribution in [2.75, 3.05) is 24.7 Å². The Morgan fingerprint density at radius 1 is 0.966 bits per heavy atom. The molecule has 0 fully saturated rings. The Bertz CT molecular complexity index is 1040. The number of amides is 2. The fourth-order valence-corrected chi connectivity index (χ4v) is 3.62. The molecule has 0 aliphatic rings. The van der Waals surface area contributed by atoms with E-state index in [0.29, 0.717) is 27.2 Å². The SMILES string of the molecule is Cc1cc(C)nc(Nc2ccc(C(=O)Nc3nc(C)c(C(=O)N(C)C)s3)cc2)n1. The summed E-state index contributed by atoms with van der Waals surface area (Å²) >= 11 is 1.16. The summed E-state index contributed by atoms with van der Waals surface area (Å²) in [7, 11) is 3.36. The van der Waals surface area contributed by atoms with Crippen LogP contribution in [-0.4, -0.2) is 45.8 Å². The van der Waals surface area contributed by atoms with Gasteiger partial charge in [0, 0.05) is 36.7 Å². The Kier molecular flexibility index (Phi) is 5.88. The van der Waals surface area contributed by atoms with Gasteiger partial charge in [-0.2, -0.15) is 0 Å². The van der Waals surface area contributed by atoms with E-state index in [0.717, 1.165) is 28.4 Å². The number of nitrogens with zero attached hydrogens (tertiary/aromatic N) is 4. The molecule has 8 nitrogen and oxygen atoms in total. The van der Waals surface area contributed by atoms with Crippen LogP contribution in [0.15, 0.2) is 30.3 Å². The van der Waals surface area contributed by atoms with E-state index < -0.39 is 0 Å². The summed E-state index contributed by atoms with van der Waals surface area (Å²) in [4.78, 5) is 39.6. The second-order valence-corrected chi connectivity index (χ2v) is 7.76. The van der Waals surface area contributed by atoms with Gasteiger partial charge in [-0.3, -0.25) is 14.9 Å². The van der Waals surface area contributed by atoms with Gasteiger partial charge in [-0.05, 0) is 51.1 Å². The highest BCUT2D eigenvalue weighted by Crippen LogP contribution is 2.24. The van der Waals surface area contributed by atoms with E-state index in [2.05, 4.69) is 25.6 Å². The molecule has 9 heteroatoms. The molecule has 3 rings (SSSR count). The van der Waals surface area contributed by atoms with Gasteiger partial charge in [0.1, 0.15) is 4.88 Å². The number of anilines is 3. The maximum atomic E-state index is 12.5. The molecule has 0 radical (unpaired) electrons. The third-order valence-electron chi connectivity index (χ3n) is 4.00. The van der Waals surface area contributed by atoms with E-state index in [1.165, 1.54) is 4.90 Å². The van der Waals surface area contributed by atoms with Gasteiger partial charge in [0.15, 0.2) is 5.13 Å². The van der Waals surface area contributed by atoms with E-state index in [-0.39, 0.29) is 11.8 Å². The minimum absolute atomic E-state index is 0.135. The van der Waals surface area contributed by atoms with Crippen molar-refractivity contribution in [3.8, 4) is 0 Å². The lowest BCUT2D eigenvalue weighted by Gasteiger charge is -2.08. The average molecular weight is 411 g/mol. The lowest BCUT2D eigenvalue weighted by molar-refractivity contribution is 0.0831. The van der Waals surface area contributed by atoms with Crippen LogP contribution in [0, 0.1) is 20.8 Å². The van der Waals surface area contributed by atoms with Gasteiger partial charge in [0.2, 0.25) is 5.95 Å². The molecule has 0 spiro atoms. The zero-order valence-corrected chi connectivity index (χ0v) is 17.7. The Balaban J connectivity index is 1.69. The van der Waals surface area contributed by atoms with Crippen molar-refractivity contribution >= 4 is 39.9 Å². The molecule has 29 heavy (non-hydrogen) atoms.